The van der Waals surface area contributed by atoms with Crippen LogP contribution in [0.5, 0.6) is 0 Å². The summed E-state index contributed by atoms with van der Waals surface area (Å²) in [5, 5.41) is 24.6. The van der Waals surface area contributed by atoms with Gasteiger partial charge in [0.25, 0.3) is 0 Å². The molecule has 0 fully saturated rings. The molecule has 3 aromatic rings. The van der Waals surface area contributed by atoms with Gasteiger partial charge >= 0.3 is 6.03 Å². The average Bonchev–Trinajstić information content (AvgIpc) is 3.24. The van der Waals surface area contributed by atoms with Crippen LogP contribution in [0.25, 0.3) is 0 Å². The van der Waals surface area contributed by atoms with Gasteiger partial charge in [0.1, 0.15) is 10.8 Å². The molecule has 3 N–H and O–H groups in total. The molecular formula is C14H12FN7O2S3. The van der Waals surface area contributed by atoms with Gasteiger partial charge in [-0.1, -0.05) is 34.4 Å². The summed E-state index contributed by atoms with van der Waals surface area (Å²) in [6.07, 6.45) is 0. The molecule has 0 bridgehead atoms. The molecule has 9 nitrogen and oxygen atoms in total. The van der Waals surface area contributed by atoms with E-state index in [0.29, 0.717) is 15.2 Å². The number of thioether (sulfide) groups is 1. The second-order valence-corrected chi connectivity index (χ2v) is 8.30. The van der Waals surface area contributed by atoms with Gasteiger partial charge in [0, 0.05) is 5.69 Å². The van der Waals surface area contributed by atoms with Gasteiger partial charge in [0.2, 0.25) is 16.2 Å². The molecule has 0 radical (unpaired) electrons. The number of carbonyl (C=O) groups is 2. The van der Waals surface area contributed by atoms with Crippen molar-refractivity contribution in [2.45, 2.75) is 11.3 Å². The Bertz CT molecular complexity index is 944. The SMILES string of the molecule is Cc1nnc(NC(=O)CSc2nnc(NC(=O)Nc3ccc(F)cc3)s2)s1. The predicted octanol–water partition coefficient (Wildman–Crippen LogP) is 3.21. The maximum Gasteiger partial charge on any atom is 0.325 e. The van der Waals surface area contributed by atoms with Crippen molar-refractivity contribution < 1.29 is 14.0 Å². The summed E-state index contributed by atoms with van der Waals surface area (Å²) in [4.78, 5) is 23.8. The number of carbonyl (C=O) groups excluding carboxylic acids is 2. The fourth-order valence-electron chi connectivity index (χ4n) is 1.74. The number of rotatable bonds is 6. The van der Waals surface area contributed by atoms with Gasteiger partial charge in [-0.3, -0.25) is 15.4 Å². The maximum absolute atomic E-state index is 12.8. The van der Waals surface area contributed by atoms with Crippen molar-refractivity contribution in [1.29, 1.82) is 0 Å². The molecule has 0 aliphatic rings. The highest BCUT2D eigenvalue weighted by molar-refractivity contribution is 8.01. The lowest BCUT2D eigenvalue weighted by molar-refractivity contribution is -0.113. The molecule has 3 amide bonds. The molecule has 0 spiro atoms. The van der Waals surface area contributed by atoms with E-state index in [1.807, 2.05) is 0 Å². The molecule has 0 aliphatic heterocycles. The van der Waals surface area contributed by atoms with E-state index in [4.69, 9.17) is 0 Å². The standard InChI is InChI=1S/C14H12FN7O2S3/c1-7-19-20-12(26-7)17-10(23)6-25-14-22-21-13(27-14)18-11(24)16-9-4-2-8(15)3-5-9/h2-5H,6H2,1H3,(H,17,20,23)(H2,16,18,21,24). The van der Waals surface area contributed by atoms with Crippen LogP contribution in [0.2, 0.25) is 0 Å². The summed E-state index contributed by atoms with van der Waals surface area (Å²) in [6.45, 7) is 1.80. The van der Waals surface area contributed by atoms with E-state index in [0.717, 1.165) is 16.3 Å². The first kappa shape index (κ1) is 19.1. The number of hydrogen-bond donors (Lipinski definition) is 3. The molecule has 0 aliphatic carbocycles. The first-order valence-corrected chi connectivity index (χ1v) is 9.99. The largest absolute Gasteiger partial charge is 0.325 e. The second kappa shape index (κ2) is 8.83. The van der Waals surface area contributed by atoms with E-state index in [2.05, 4.69) is 36.3 Å². The van der Waals surface area contributed by atoms with Crippen LogP contribution in [0.15, 0.2) is 28.6 Å². The number of halogens is 1. The summed E-state index contributed by atoms with van der Waals surface area (Å²) < 4.78 is 13.4. The van der Waals surface area contributed by atoms with Gasteiger partial charge in [-0.25, -0.2) is 9.18 Å². The van der Waals surface area contributed by atoms with Gasteiger partial charge in [0.05, 0.1) is 5.75 Å². The minimum absolute atomic E-state index is 0.120. The number of nitrogens with zero attached hydrogens (tertiary/aromatic N) is 4. The van der Waals surface area contributed by atoms with Crippen LogP contribution in [0, 0.1) is 12.7 Å². The third-order valence-electron chi connectivity index (χ3n) is 2.83. The number of anilines is 3. The van der Waals surface area contributed by atoms with Gasteiger partial charge < -0.3 is 5.32 Å². The van der Waals surface area contributed by atoms with E-state index in [-0.39, 0.29) is 16.8 Å². The monoisotopic (exact) mass is 425 g/mol. The first-order valence-electron chi connectivity index (χ1n) is 7.38. The molecule has 2 heterocycles. The van der Waals surface area contributed by atoms with Crippen LogP contribution in [-0.2, 0) is 4.79 Å². The lowest BCUT2D eigenvalue weighted by Crippen LogP contribution is -2.19. The Labute approximate surface area is 164 Å². The Hall–Kier alpha value is -2.64. The number of aryl methyl sites for hydroxylation is 1. The lowest BCUT2D eigenvalue weighted by atomic mass is 10.3. The highest BCUT2D eigenvalue weighted by atomic mass is 32.2. The molecule has 1 aromatic carbocycles. The summed E-state index contributed by atoms with van der Waals surface area (Å²) >= 11 is 3.60. The van der Waals surface area contributed by atoms with Gasteiger partial charge in [-0.15, -0.1) is 20.4 Å². The zero-order valence-electron chi connectivity index (χ0n) is 13.7. The highest BCUT2D eigenvalue weighted by Gasteiger charge is 2.12. The lowest BCUT2D eigenvalue weighted by Gasteiger charge is -2.04. The maximum atomic E-state index is 12.8. The highest BCUT2D eigenvalue weighted by Crippen LogP contribution is 2.26. The minimum atomic E-state index is -0.529. The number of aromatic nitrogens is 4. The Morgan fingerprint density at radius 1 is 1.00 bits per heavy atom. The topological polar surface area (TPSA) is 122 Å². The molecule has 27 heavy (non-hydrogen) atoms. The smallest absolute Gasteiger partial charge is 0.308 e. The van der Waals surface area contributed by atoms with Crippen molar-refractivity contribution >= 4 is 62.3 Å². The third-order valence-corrected chi connectivity index (χ3v) is 5.55. The zero-order chi connectivity index (χ0) is 19.2. The fourth-order valence-corrected chi connectivity index (χ4v) is 3.90. The fraction of sp³-hybridized carbons (Fsp3) is 0.143. The van der Waals surface area contributed by atoms with E-state index in [1.165, 1.54) is 47.4 Å². The molecule has 140 valence electrons. The zero-order valence-corrected chi connectivity index (χ0v) is 16.2. The van der Waals surface area contributed by atoms with Crippen molar-refractivity contribution in [3.8, 4) is 0 Å². The quantitative estimate of drug-likeness (QED) is 0.409. The van der Waals surface area contributed by atoms with Crippen LogP contribution in [0.1, 0.15) is 5.01 Å². The molecular weight excluding hydrogens is 413 g/mol. The molecule has 3 rings (SSSR count). The Kier molecular flexibility index (Phi) is 6.26. The van der Waals surface area contributed by atoms with Crippen molar-refractivity contribution in [3.05, 3.63) is 35.1 Å². The number of benzene rings is 1. The molecule has 0 atom stereocenters. The number of urea groups is 1. The van der Waals surface area contributed by atoms with Crippen molar-refractivity contribution in [2.24, 2.45) is 0 Å². The van der Waals surface area contributed by atoms with Crippen LogP contribution < -0.4 is 16.0 Å². The van der Waals surface area contributed by atoms with Crippen LogP contribution in [0.4, 0.5) is 25.1 Å². The van der Waals surface area contributed by atoms with E-state index >= 15 is 0 Å². The first-order chi connectivity index (χ1) is 13.0. The van der Waals surface area contributed by atoms with Crippen molar-refractivity contribution in [3.63, 3.8) is 0 Å². The predicted molar refractivity (Wildman–Crippen MR) is 103 cm³/mol. The third kappa shape index (κ3) is 5.94. The van der Waals surface area contributed by atoms with Crippen LogP contribution >= 0.6 is 34.4 Å². The van der Waals surface area contributed by atoms with Gasteiger partial charge in [-0.05, 0) is 31.2 Å². The number of hydrogen-bond acceptors (Lipinski definition) is 9. The van der Waals surface area contributed by atoms with Crippen molar-refractivity contribution in [2.75, 3.05) is 21.7 Å². The Balaban J connectivity index is 1.45. The molecule has 0 saturated carbocycles. The summed E-state index contributed by atoms with van der Waals surface area (Å²) in [6, 6.07) is 4.83. The average molecular weight is 425 g/mol. The van der Waals surface area contributed by atoms with Gasteiger partial charge in [0.15, 0.2) is 4.34 Å². The minimum Gasteiger partial charge on any atom is -0.308 e. The van der Waals surface area contributed by atoms with E-state index < -0.39 is 11.8 Å². The molecule has 13 heteroatoms. The summed E-state index contributed by atoms with van der Waals surface area (Å²) in [5.74, 6) is -0.512. The van der Waals surface area contributed by atoms with E-state index in [1.54, 1.807) is 6.92 Å². The number of nitrogens with one attached hydrogen (secondary N) is 3. The summed E-state index contributed by atoms with van der Waals surface area (Å²) in [7, 11) is 0. The molecule has 2 aromatic heterocycles. The number of amides is 3. The van der Waals surface area contributed by atoms with Crippen molar-refractivity contribution in [1.82, 2.24) is 20.4 Å². The Morgan fingerprint density at radius 2 is 1.70 bits per heavy atom. The normalized spacial score (nSPS) is 10.4. The molecule has 0 unspecified atom stereocenters. The van der Waals surface area contributed by atoms with E-state index in [9.17, 15) is 14.0 Å². The van der Waals surface area contributed by atoms with Crippen LogP contribution in [0.3, 0.4) is 0 Å². The van der Waals surface area contributed by atoms with Gasteiger partial charge in [-0.2, -0.15) is 0 Å². The Morgan fingerprint density at radius 3 is 2.41 bits per heavy atom. The summed E-state index contributed by atoms with van der Waals surface area (Å²) in [5.41, 5.74) is 0.441. The second-order valence-electron chi connectivity index (χ2n) is 4.92. The molecule has 0 saturated heterocycles. The van der Waals surface area contributed by atoms with Crippen LogP contribution in [-0.4, -0.2) is 38.1 Å².